The monoisotopic (exact) mass is 347 g/mol. The van der Waals surface area contributed by atoms with Crippen molar-refractivity contribution in [2.24, 2.45) is 0 Å². The van der Waals surface area contributed by atoms with Gasteiger partial charge in [-0.2, -0.15) is 5.10 Å². The smallest absolute Gasteiger partial charge is 0.317 e. The lowest BCUT2D eigenvalue weighted by Crippen LogP contribution is -2.43. The number of likely N-dealkylation sites (tertiary alicyclic amines) is 1. The van der Waals surface area contributed by atoms with Crippen molar-refractivity contribution in [3.63, 3.8) is 0 Å². The molecule has 0 atom stereocenters. The number of nitrogens with zero attached hydrogens (tertiary/aromatic N) is 4. The Balaban J connectivity index is 1.46. The molecule has 0 radical (unpaired) electrons. The molecule has 24 heavy (non-hydrogen) atoms. The van der Waals surface area contributed by atoms with Crippen LogP contribution in [0.25, 0.3) is 0 Å². The summed E-state index contributed by atoms with van der Waals surface area (Å²) < 4.78 is 1.97. The zero-order valence-electron chi connectivity index (χ0n) is 14.4. The maximum Gasteiger partial charge on any atom is 0.317 e. The fourth-order valence-electron chi connectivity index (χ4n) is 3.05. The normalized spacial score (nSPS) is 15.7. The minimum absolute atomic E-state index is 0.0174. The number of amides is 2. The van der Waals surface area contributed by atoms with Crippen LogP contribution in [0.3, 0.4) is 0 Å². The first-order valence-corrected chi connectivity index (χ1v) is 9.56. The van der Waals surface area contributed by atoms with E-state index in [-0.39, 0.29) is 6.03 Å². The van der Waals surface area contributed by atoms with Crippen LogP contribution >= 0.6 is 11.3 Å². The summed E-state index contributed by atoms with van der Waals surface area (Å²) in [5, 5.41) is 10.5. The molecule has 2 amide bonds. The van der Waals surface area contributed by atoms with Gasteiger partial charge in [0.1, 0.15) is 0 Å². The van der Waals surface area contributed by atoms with E-state index in [1.54, 1.807) is 11.3 Å². The summed E-state index contributed by atoms with van der Waals surface area (Å²) >= 11 is 1.65. The quantitative estimate of drug-likeness (QED) is 0.904. The molecule has 1 N–H and O–H groups in total. The van der Waals surface area contributed by atoms with Gasteiger partial charge in [-0.3, -0.25) is 4.68 Å². The average molecular weight is 347 g/mol. The maximum atomic E-state index is 12.3. The average Bonchev–Trinajstić information content (AvgIpc) is 3.29. The lowest BCUT2D eigenvalue weighted by molar-refractivity contribution is 0.181. The van der Waals surface area contributed by atoms with Crippen LogP contribution in [-0.4, -0.2) is 38.8 Å². The molecule has 2 aromatic heterocycles. The first-order chi connectivity index (χ1) is 11.7. The van der Waals surface area contributed by atoms with Crippen LogP contribution in [0.1, 0.15) is 48.9 Å². The number of thiazole rings is 1. The molecule has 0 aromatic carbocycles. The minimum Gasteiger partial charge on any atom is -0.332 e. The highest BCUT2D eigenvalue weighted by Crippen LogP contribution is 2.27. The molecule has 2 aromatic rings. The Bertz CT molecular complexity index is 672. The molecule has 1 aliphatic rings. The van der Waals surface area contributed by atoms with Crippen molar-refractivity contribution in [2.75, 3.05) is 13.1 Å². The van der Waals surface area contributed by atoms with Crippen LogP contribution in [0.5, 0.6) is 0 Å². The summed E-state index contributed by atoms with van der Waals surface area (Å²) in [4.78, 5) is 18.7. The zero-order valence-corrected chi connectivity index (χ0v) is 15.2. The van der Waals surface area contributed by atoms with Gasteiger partial charge in [0.05, 0.1) is 23.4 Å². The summed E-state index contributed by atoms with van der Waals surface area (Å²) in [6.45, 7) is 7.19. The summed E-state index contributed by atoms with van der Waals surface area (Å²) in [6.07, 6.45) is 7.05. The van der Waals surface area contributed by atoms with Crippen molar-refractivity contribution >= 4 is 17.4 Å². The summed E-state index contributed by atoms with van der Waals surface area (Å²) in [5.41, 5.74) is 2.25. The highest BCUT2D eigenvalue weighted by molar-refractivity contribution is 7.09. The van der Waals surface area contributed by atoms with E-state index in [1.807, 2.05) is 21.2 Å². The topological polar surface area (TPSA) is 63.1 Å². The Morgan fingerprint density at radius 3 is 2.79 bits per heavy atom. The summed E-state index contributed by atoms with van der Waals surface area (Å²) in [6, 6.07) is 0.0174. The SMILES string of the molecule is CCc1nc(CNC(=O)N2CCC(c3cnn(CC)c3)CC2)cs1. The van der Waals surface area contributed by atoms with Crippen molar-refractivity contribution < 1.29 is 4.79 Å². The second-order valence-electron chi connectivity index (χ2n) is 6.14. The van der Waals surface area contributed by atoms with E-state index in [9.17, 15) is 4.79 Å². The number of hydrogen-bond donors (Lipinski definition) is 1. The molecule has 3 heterocycles. The van der Waals surface area contributed by atoms with Crippen molar-refractivity contribution in [3.8, 4) is 0 Å². The van der Waals surface area contributed by atoms with Gasteiger partial charge in [-0.15, -0.1) is 11.3 Å². The van der Waals surface area contributed by atoms with Gasteiger partial charge in [0, 0.05) is 31.2 Å². The fraction of sp³-hybridized carbons (Fsp3) is 0.588. The third kappa shape index (κ3) is 3.95. The fourth-order valence-corrected chi connectivity index (χ4v) is 3.79. The standard InChI is InChI=1S/C17H25N5OS/c1-3-16-20-15(12-24-16)10-18-17(23)21-7-5-13(6-8-21)14-9-19-22(4-2)11-14/h9,11-13H,3-8,10H2,1-2H3,(H,18,23). The van der Waals surface area contributed by atoms with Gasteiger partial charge < -0.3 is 10.2 Å². The van der Waals surface area contributed by atoms with Crippen molar-refractivity contribution in [2.45, 2.75) is 52.1 Å². The van der Waals surface area contributed by atoms with Crippen LogP contribution in [0.4, 0.5) is 4.79 Å². The van der Waals surface area contributed by atoms with E-state index in [0.717, 1.165) is 49.6 Å². The van der Waals surface area contributed by atoms with Gasteiger partial charge in [-0.1, -0.05) is 6.92 Å². The number of aryl methyl sites for hydroxylation is 2. The van der Waals surface area contributed by atoms with Gasteiger partial charge in [0.25, 0.3) is 0 Å². The zero-order chi connectivity index (χ0) is 16.9. The Labute approximate surface area is 146 Å². The highest BCUT2D eigenvalue weighted by Gasteiger charge is 2.24. The molecule has 7 heteroatoms. The Kier molecular flexibility index (Phi) is 5.50. The molecule has 0 aliphatic carbocycles. The van der Waals surface area contributed by atoms with Crippen LogP contribution in [0, 0.1) is 0 Å². The molecular weight excluding hydrogens is 322 g/mol. The molecule has 0 unspecified atom stereocenters. The molecule has 130 valence electrons. The molecule has 1 aliphatic heterocycles. The predicted molar refractivity (Wildman–Crippen MR) is 95.2 cm³/mol. The first kappa shape index (κ1) is 17.0. The van der Waals surface area contributed by atoms with Gasteiger partial charge in [0.15, 0.2) is 0 Å². The molecule has 0 saturated carbocycles. The van der Waals surface area contributed by atoms with E-state index in [0.29, 0.717) is 12.5 Å². The molecule has 1 saturated heterocycles. The molecule has 0 bridgehead atoms. The predicted octanol–water partition coefficient (Wildman–Crippen LogP) is 3.01. The second-order valence-corrected chi connectivity index (χ2v) is 7.08. The van der Waals surface area contributed by atoms with Crippen LogP contribution < -0.4 is 5.32 Å². The Morgan fingerprint density at radius 2 is 2.17 bits per heavy atom. The number of carbonyl (C=O) groups excluding carboxylic acids is 1. The number of aromatic nitrogens is 3. The molecular formula is C17H25N5OS. The number of carbonyl (C=O) groups is 1. The number of piperidine rings is 1. The van der Waals surface area contributed by atoms with Crippen molar-refractivity contribution in [1.82, 2.24) is 25.0 Å². The molecule has 6 nitrogen and oxygen atoms in total. The van der Waals surface area contributed by atoms with Crippen molar-refractivity contribution in [3.05, 3.63) is 34.0 Å². The van der Waals surface area contributed by atoms with Gasteiger partial charge in [-0.05, 0) is 37.7 Å². The van der Waals surface area contributed by atoms with E-state index in [1.165, 1.54) is 5.56 Å². The van der Waals surface area contributed by atoms with Gasteiger partial charge in [0.2, 0.25) is 0 Å². The van der Waals surface area contributed by atoms with Gasteiger partial charge in [-0.25, -0.2) is 9.78 Å². The van der Waals surface area contributed by atoms with E-state index >= 15 is 0 Å². The third-order valence-electron chi connectivity index (χ3n) is 4.55. The number of hydrogen-bond acceptors (Lipinski definition) is 4. The van der Waals surface area contributed by atoms with Crippen molar-refractivity contribution in [1.29, 1.82) is 0 Å². The maximum absolute atomic E-state index is 12.3. The van der Waals surface area contributed by atoms with Gasteiger partial charge >= 0.3 is 6.03 Å². The second kappa shape index (κ2) is 7.79. The van der Waals surface area contributed by atoms with Crippen LogP contribution in [0.15, 0.2) is 17.8 Å². The van der Waals surface area contributed by atoms with Crippen LogP contribution in [-0.2, 0) is 19.5 Å². The summed E-state index contributed by atoms with van der Waals surface area (Å²) in [7, 11) is 0. The third-order valence-corrected chi connectivity index (χ3v) is 5.60. The molecule has 0 spiro atoms. The largest absolute Gasteiger partial charge is 0.332 e. The molecule has 1 fully saturated rings. The number of urea groups is 1. The Morgan fingerprint density at radius 1 is 1.38 bits per heavy atom. The lowest BCUT2D eigenvalue weighted by atomic mass is 9.92. The summed E-state index contributed by atoms with van der Waals surface area (Å²) in [5.74, 6) is 0.514. The van der Waals surface area contributed by atoms with Crippen LogP contribution in [0.2, 0.25) is 0 Å². The Hall–Kier alpha value is -1.89. The van der Waals surface area contributed by atoms with E-state index in [2.05, 4.69) is 35.4 Å². The van der Waals surface area contributed by atoms with E-state index < -0.39 is 0 Å². The minimum atomic E-state index is 0.0174. The number of rotatable bonds is 5. The lowest BCUT2D eigenvalue weighted by Gasteiger charge is -2.31. The molecule has 3 rings (SSSR count). The number of nitrogens with one attached hydrogen (secondary N) is 1. The first-order valence-electron chi connectivity index (χ1n) is 8.68. The van der Waals surface area contributed by atoms with E-state index in [4.69, 9.17) is 0 Å². The highest BCUT2D eigenvalue weighted by atomic mass is 32.1.